The van der Waals surface area contributed by atoms with E-state index in [1.807, 2.05) is 6.07 Å². The quantitative estimate of drug-likeness (QED) is 0.750. The number of piperidine rings is 1. The summed E-state index contributed by atoms with van der Waals surface area (Å²) in [5.41, 5.74) is 1.65. The Balaban J connectivity index is 1.38. The van der Waals surface area contributed by atoms with Crippen molar-refractivity contribution in [1.82, 2.24) is 9.80 Å². The molecule has 2 aliphatic rings. The van der Waals surface area contributed by atoms with E-state index in [1.54, 1.807) is 12.1 Å². The van der Waals surface area contributed by atoms with Crippen molar-refractivity contribution in [2.24, 2.45) is 5.92 Å². The minimum Gasteiger partial charge on any atom is -0.380 e. The third kappa shape index (κ3) is 5.18. The van der Waals surface area contributed by atoms with E-state index in [4.69, 9.17) is 4.74 Å². The maximum atomic E-state index is 12.8. The monoisotopic (exact) mass is 404 g/mol. The molecule has 0 saturated carbocycles. The molecule has 2 atom stereocenters. The molecule has 0 radical (unpaired) electrons. The van der Waals surface area contributed by atoms with E-state index in [9.17, 15) is 13.2 Å². The Bertz CT molecular complexity index is 779. The molecule has 156 valence electrons. The van der Waals surface area contributed by atoms with Crippen molar-refractivity contribution in [3.05, 3.63) is 71.3 Å². The summed E-state index contributed by atoms with van der Waals surface area (Å²) in [5, 5.41) is 0. The van der Waals surface area contributed by atoms with Gasteiger partial charge in [0, 0.05) is 38.1 Å². The molecule has 0 spiro atoms. The number of rotatable bonds is 4. The molecule has 2 aromatic carbocycles. The SMILES string of the molecule is FC(F)(F)c1ccc(CN2CC[C@@H]3[C@@H](COCCN3Cc3ccccc3)C2)cc1. The number of hydrogen-bond donors (Lipinski definition) is 0. The van der Waals surface area contributed by atoms with Crippen LogP contribution in [0.4, 0.5) is 13.2 Å². The van der Waals surface area contributed by atoms with Crippen molar-refractivity contribution < 1.29 is 17.9 Å². The van der Waals surface area contributed by atoms with Gasteiger partial charge >= 0.3 is 6.18 Å². The van der Waals surface area contributed by atoms with Crippen LogP contribution < -0.4 is 0 Å². The maximum Gasteiger partial charge on any atom is 0.416 e. The molecule has 2 saturated heterocycles. The van der Waals surface area contributed by atoms with Gasteiger partial charge < -0.3 is 4.74 Å². The number of hydrogen-bond acceptors (Lipinski definition) is 3. The molecule has 2 fully saturated rings. The van der Waals surface area contributed by atoms with Crippen LogP contribution in [0.1, 0.15) is 23.1 Å². The first-order chi connectivity index (χ1) is 14.0. The van der Waals surface area contributed by atoms with E-state index in [0.29, 0.717) is 18.5 Å². The summed E-state index contributed by atoms with van der Waals surface area (Å²) in [6.45, 7) is 5.92. The highest BCUT2D eigenvalue weighted by Crippen LogP contribution is 2.30. The smallest absolute Gasteiger partial charge is 0.380 e. The molecule has 2 heterocycles. The molecule has 0 N–H and O–H groups in total. The van der Waals surface area contributed by atoms with Crippen LogP contribution in [-0.2, 0) is 24.0 Å². The van der Waals surface area contributed by atoms with Gasteiger partial charge in [0.15, 0.2) is 0 Å². The fraction of sp³-hybridized carbons (Fsp3) is 0.478. The molecule has 0 aromatic heterocycles. The second-order valence-corrected chi connectivity index (χ2v) is 8.08. The molecule has 3 nitrogen and oxygen atoms in total. The Morgan fingerprint density at radius 1 is 0.897 bits per heavy atom. The molecule has 4 rings (SSSR count). The Morgan fingerprint density at radius 3 is 2.34 bits per heavy atom. The van der Waals surface area contributed by atoms with E-state index >= 15 is 0 Å². The van der Waals surface area contributed by atoms with Crippen molar-refractivity contribution in [1.29, 1.82) is 0 Å². The summed E-state index contributed by atoms with van der Waals surface area (Å²) in [4.78, 5) is 4.89. The van der Waals surface area contributed by atoms with Crippen LogP contribution in [0.5, 0.6) is 0 Å². The first-order valence-corrected chi connectivity index (χ1v) is 10.2. The highest BCUT2D eigenvalue weighted by Gasteiger charge is 2.35. The number of ether oxygens (including phenoxy) is 1. The predicted molar refractivity (Wildman–Crippen MR) is 106 cm³/mol. The number of alkyl halides is 3. The second-order valence-electron chi connectivity index (χ2n) is 8.08. The highest BCUT2D eigenvalue weighted by molar-refractivity contribution is 5.24. The lowest BCUT2D eigenvalue weighted by atomic mass is 9.91. The zero-order valence-electron chi connectivity index (χ0n) is 16.4. The largest absolute Gasteiger partial charge is 0.416 e. The van der Waals surface area contributed by atoms with Gasteiger partial charge in [0.2, 0.25) is 0 Å². The van der Waals surface area contributed by atoms with Crippen LogP contribution in [0.25, 0.3) is 0 Å². The van der Waals surface area contributed by atoms with Gasteiger partial charge in [-0.25, -0.2) is 0 Å². The summed E-state index contributed by atoms with van der Waals surface area (Å²) in [6, 6.07) is 16.6. The third-order valence-electron chi connectivity index (χ3n) is 6.02. The van der Waals surface area contributed by atoms with Gasteiger partial charge in [-0.15, -0.1) is 0 Å². The topological polar surface area (TPSA) is 15.7 Å². The second kappa shape index (κ2) is 8.86. The van der Waals surface area contributed by atoms with Gasteiger partial charge in [-0.1, -0.05) is 42.5 Å². The minimum atomic E-state index is -4.28. The fourth-order valence-corrected chi connectivity index (χ4v) is 4.54. The average Bonchev–Trinajstić information content (AvgIpc) is 2.90. The van der Waals surface area contributed by atoms with Crippen LogP contribution in [0, 0.1) is 5.92 Å². The van der Waals surface area contributed by atoms with Gasteiger partial charge in [0.25, 0.3) is 0 Å². The van der Waals surface area contributed by atoms with Crippen molar-refractivity contribution in [2.45, 2.75) is 31.7 Å². The van der Waals surface area contributed by atoms with E-state index < -0.39 is 11.7 Å². The zero-order valence-corrected chi connectivity index (χ0v) is 16.4. The summed E-state index contributed by atoms with van der Waals surface area (Å²) < 4.78 is 44.2. The molecule has 2 aliphatic heterocycles. The zero-order chi connectivity index (χ0) is 20.3. The molecule has 0 unspecified atom stereocenters. The summed E-state index contributed by atoms with van der Waals surface area (Å²) in [6.07, 6.45) is -3.22. The van der Waals surface area contributed by atoms with Crippen LogP contribution in [0.15, 0.2) is 54.6 Å². The van der Waals surface area contributed by atoms with Crippen molar-refractivity contribution in [3.8, 4) is 0 Å². The highest BCUT2D eigenvalue weighted by atomic mass is 19.4. The van der Waals surface area contributed by atoms with Gasteiger partial charge in [-0.2, -0.15) is 13.2 Å². The first kappa shape index (κ1) is 20.4. The Hall–Kier alpha value is -1.89. The fourth-order valence-electron chi connectivity index (χ4n) is 4.54. The Kier molecular flexibility index (Phi) is 6.23. The molecule has 0 bridgehead atoms. The van der Waals surface area contributed by atoms with E-state index in [1.165, 1.54) is 17.7 Å². The molecule has 6 heteroatoms. The molecular formula is C23H27F3N2O. The normalized spacial score (nSPS) is 24.1. The Morgan fingerprint density at radius 2 is 1.62 bits per heavy atom. The molecule has 29 heavy (non-hydrogen) atoms. The number of fused-ring (bicyclic) bond motifs is 1. The number of benzene rings is 2. The number of likely N-dealkylation sites (tertiary alicyclic amines) is 1. The number of halogens is 3. The van der Waals surface area contributed by atoms with Gasteiger partial charge in [-0.05, 0) is 36.2 Å². The van der Waals surface area contributed by atoms with Crippen molar-refractivity contribution in [3.63, 3.8) is 0 Å². The molecule has 0 aliphatic carbocycles. The standard InChI is InChI=1S/C23H27F3N2O/c24-23(25,26)21-8-6-19(7-9-21)14-27-11-10-22-20(16-27)17-29-13-12-28(22)15-18-4-2-1-3-5-18/h1-9,20,22H,10-17H2/t20-,22-/m1/s1. The number of nitrogens with zero attached hydrogens (tertiary/aromatic N) is 2. The summed E-state index contributed by atoms with van der Waals surface area (Å²) >= 11 is 0. The van der Waals surface area contributed by atoms with Crippen LogP contribution in [0.2, 0.25) is 0 Å². The third-order valence-corrected chi connectivity index (χ3v) is 6.02. The van der Waals surface area contributed by atoms with Crippen molar-refractivity contribution >= 4 is 0 Å². The maximum absolute atomic E-state index is 12.8. The van der Waals surface area contributed by atoms with E-state index in [0.717, 1.165) is 51.4 Å². The van der Waals surface area contributed by atoms with Crippen LogP contribution >= 0.6 is 0 Å². The van der Waals surface area contributed by atoms with Crippen LogP contribution in [-0.4, -0.2) is 48.7 Å². The summed E-state index contributed by atoms with van der Waals surface area (Å²) in [5.74, 6) is 0.421. The Labute approximate surface area is 170 Å². The molecular weight excluding hydrogens is 377 g/mol. The lowest BCUT2D eigenvalue weighted by Crippen LogP contribution is -2.50. The lowest BCUT2D eigenvalue weighted by molar-refractivity contribution is -0.137. The lowest BCUT2D eigenvalue weighted by Gasteiger charge is -2.42. The molecule has 2 aromatic rings. The van der Waals surface area contributed by atoms with E-state index in [2.05, 4.69) is 34.1 Å². The molecule has 0 amide bonds. The van der Waals surface area contributed by atoms with Gasteiger partial charge in [-0.3, -0.25) is 9.80 Å². The van der Waals surface area contributed by atoms with Gasteiger partial charge in [0.05, 0.1) is 18.8 Å². The average molecular weight is 404 g/mol. The van der Waals surface area contributed by atoms with Gasteiger partial charge in [0.1, 0.15) is 0 Å². The minimum absolute atomic E-state index is 0.421. The van der Waals surface area contributed by atoms with Crippen LogP contribution in [0.3, 0.4) is 0 Å². The van der Waals surface area contributed by atoms with E-state index in [-0.39, 0.29) is 0 Å². The summed E-state index contributed by atoms with van der Waals surface area (Å²) in [7, 11) is 0. The first-order valence-electron chi connectivity index (χ1n) is 10.2. The predicted octanol–water partition coefficient (Wildman–Crippen LogP) is 4.43. The van der Waals surface area contributed by atoms with Crippen molar-refractivity contribution in [2.75, 3.05) is 32.8 Å².